The van der Waals surface area contributed by atoms with E-state index in [1.165, 1.54) is 16.7 Å². The first-order valence-electron chi connectivity index (χ1n) is 8.47. The molecule has 2 heterocycles. The molecule has 0 aromatic heterocycles. The Labute approximate surface area is 143 Å². The van der Waals surface area contributed by atoms with Crippen LogP contribution in [0.5, 0.6) is 0 Å². The van der Waals surface area contributed by atoms with Crippen molar-refractivity contribution in [1.82, 2.24) is 9.21 Å². The van der Waals surface area contributed by atoms with Crippen LogP contribution in [0, 0.1) is 0 Å². The molecule has 0 saturated carbocycles. The van der Waals surface area contributed by atoms with Gasteiger partial charge in [-0.3, -0.25) is 4.90 Å². The fraction of sp³-hybridized carbons (Fsp3) is 0.368. The average molecular weight is 342 g/mol. The van der Waals surface area contributed by atoms with Gasteiger partial charge in [-0.05, 0) is 29.5 Å². The predicted octanol–water partition coefficient (Wildman–Crippen LogP) is 2.43. The lowest BCUT2D eigenvalue weighted by Gasteiger charge is -2.44. The van der Waals surface area contributed by atoms with Gasteiger partial charge in [0, 0.05) is 13.1 Å². The van der Waals surface area contributed by atoms with Gasteiger partial charge in [-0.2, -0.15) is 4.31 Å². The molecule has 4 rings (SSSR count). The Morgan fingerprint density at radius 3 is 2.58 bits per heavy atom. The van der Waals surface area contributed by atoms with Crippen molar-refractivity contribution in [2.24, 2.45) is 0 Å². The molecular weight excluding hydrogens is 320 g/mol. The van der Waals surface area contributed by atoms with Crippen LogP contribution in [0.15, 0.2) is 54.6 Å². The van der Waals surface area contributed by atoms with Crippen molar-refractivity contribution >= 4 is 10.0 Å². The summed E-state index contributed by atoms with van der Waals surface area (Å²) < 4.78 is 27.2. The van der Waals surface area contributed by atoms with E-state index in [9.17, 15) is 8.42 Å². The van der Waals surface area contributed by atoms with E-state index < -0.39 is 10.0 Å². The predicted molar refractivity (Wildman–Crippen MR) is 95.1 cm³/mol. The monoisotopic (exact) mass is 342 g/mol. The van der Waals surface area contributed by atoms with Gasteiger partial charge in [0.1, 0.15) is 0 Å². The first-order valence-corrected chi connectivity index (χ1v) is 10.1. The summed E-state index contributed by atoms with van der Waals surface area (Å²) in [4.78, 5) is 2.31. The number of hydrogen-bond donors (Lipinski definition) is 0. The van der Waals surface area contributed by atoms with Crippen LogP contribution < -0.4 is 0 Å². The SMILES string of the molecule is O=S1(=O)CC2c3ccccc3CCN2CN1CCc1ccccc1. The van der Waals surface area contributed by atoms with Gasteiger partial charge in [0.05, 0.1) is 18.5 Å². The van der Waals surface area contributed by atoms with Crippen LogP contribution in [0.25, 0.3) is 0 Å². The fourth-order valence-electron chi connectivity index (χ4n) is 3.77. The number of benzene rings is 2. The smallest absolute Gasteiger partial charge is 0.217 e. The van der Waals surface area contributed by atoms with E-state index in [0.717, 1.165) is 19.4 Å². The van der Waals surface area contributed by atoms with Crippen LogP contribution in [0.3, 0.4) is 0 Å². The van der Waals surface area contributed by atoms with Gasteiger partial charge in [-0.15, -0.1) is 0 Å². The zero-order valence-corrected chi connectivity index (χ0v) is 14.5. The minimum atomic E-state index is -3.22. The molecule has 2 aliphatic heterocycles. The third-order valence-corrected chi connectivity index (χ3v) is 6.94. The molecule has 4 nitrogen and oxygen atoms in total. The van der Waals surface area contributed by atoms with Gasteiger partial charge in [-0.1, -0.05) is 54.6 Å². The second kappa shape index (κ2) is 6.31. The first-order chi connectivity index (χ1) is 11.6. The maximum atomic E-state index is 12.8. The van der Waals surface area contributed by atoms with E-state index >= 15 is 0 Å². The molecule has 1 saturated heterocycles. The molecule has 0 N–H and O–H groups in total. The minimum Gasteiger partial charge on any atom is -0.281 e. The maximum absolute atomic E-state index is 12.8. The summed E-state index contributed by atoms with van der Waals surface area (Å²) in [5, 5.41) is 0. The first kappa shape index (κ1) is 15.8. The lowest BCUT2D eigenvalue weighted by molar-refractivity contribution is 0.122. The minimum absolute atomic E-state index is 0.00734. The fourth-order valence-corrected chi connectivity index (χ4v) is 5.47. The van der Waals surface area contributed by atoms with E-state index in [2.05, 4.69) is 29.2 Å². The third kappa shape index (κ3) is 2.99. The molecule has 0 spiro atoms. The van der Waals surface area contributed by atoms with Gasteiger partial charge in [0.25, 0.3) is 0 Å². The van der Waals surface area contributed by atoms with E-state index in [1.807, 2.05) is 30.3 Å². The second-order valence-corrected chi connectivity index (χ2v) is 8.62. The molecule has 24 heavy (non-hydrogen) atoms. The zero-order chi connectivity index (χ0) is 16.6. The Morgan fingerprint density at radius 1 is 1.00 bits per heavy atom. The highest BCUT2D eigenvalue weighted by Crippen LogP contribution is 2.34. The van der Waals surface area contributed by atoms with Gasteiger partial charge < -0.3 is 0 Å². The second-order valence-electron chi connectivity index (χ2n) is 6.61. The van der Waals surface area contributed by atoms with Crippen molar-refractivity contribution in [3.8, 4) is 0 Å². The Morgan fingerprint density at radius 2 is 1.75 bits per heavy atom. The molecule has 1 atom stereocenters. The van der Waals surface area contributed by atoms with Crippen molar-refractivity contribution in [3.05, 3.63) is 71.3 Å². The van der Waals surface area contributed by atoms with Gasteiger partial charge in [0.2, 0.25) is 10.0 Å². The summed E-state index contributed by atoms with van der Waals surface area (Å²) in [6.07, 6.45) is 1.76. The van der Waals surface area contributed by atoms with Crippen molar-refractivity contribution < 1.29 is 8.42 Å². The molecule has 2 aromatic carbocycles. The number of sulfonamides is 1. The maximum Gasteiger partial charge on any atom is 0.217 e. The molecule has 0 bridgehead atoms. The topological polar surface area (TPSA) is 40.6 Å². The quantitative estimate of drug-likeness (QED) is 0.860. The standard InChI is InChI=1S/C19H22N2O2S/c22-24(23)14-19-18-9-5-4-8-17(18)11-12-20(19)15-21(24)13-10-16-6-2-1-3-7-16/h1-9,19H,10-15H2. The van der Waals surface area contributed by atoms with Crippen LogP contribution in [0.2, 0.25) is 0 Å². The molecular formula is C19H22N2O2S. The Bertz CT molecular complexity index is 820. The van der Waals surface area contributed by atoms with E-state index in [4.69, 9.17) is 0 Å². The normalized spacial score (nSPS) is 23.4. The molecule has 0 amide bonds. The Hall–Kier alpha value is -1.69. The van der Waals surface area contributed by atoms with Crippen molar-refractivity contribution in [2.75, 3.05) is 25.5 Å². The van der Waals surface area contributed by atoms with Crippen LogP contribution in [0.1, 0.15) is 22.7 Å². The largest absolute Gasteiger partial charge is 0.281 e. The highest BCUT2D eigenvalue weighted by atomic mass is 32.2. The number of rotatable bonds is 3. The summed E-state index contributed by atoms with van der Waals surface area (Å²) in [7, 11) is -3.22. The molecule has 0 radical (unpaired) electrons. The molecule has 1 fully saturated rings. The number of nitrogens with zero attached hydrogens (tertiary/aromatic N) is 2. The molecule has 5 heteroatoms. The summed E-state index contributed by atoms with van der Waals surface area (Å²) in [5.74, 6) is 0.193. The lowest BCUT2D eigenvalue weighted by Crippen LogP contribution is -2.54. The Balaban J connectivity index is 1.52. The highest BCUT2D eigenvalue weighted by molar-refractivity contribution is 7.89. The third-order valence-electron chi connectivity index (χ3n) is 5.12. The average Bonchev–Trinajstić information content (AvgIpc) is 2.60. The zero-order valence-electron chi connectivity index (χ0n) is 13.6. The van der Waals surface area contributed by atoms with Crippen LogP contribution in [-0.2, 0) is 22.9 Å². The van der Waals surface area contributed by atoms with E-state index in [-0.39, 0.29) is 11.8 Å². The van der Waals surface area contributed by atoms with Crippen LogP contribution >= 0.6 is 0 Å². The summed E-state index contributed by atoms with van der Waals surface area (Å²) >= 11 is 0. The molecule has 2 aromatic rings. The molecule has 126 valence electrons. The van der Waals surface area contributed by atoms with Crippen LogP contribution in [-0.4, -0.2) is 43.1 Å². The molecule has 2 aliphatic rings. The lowest BCUT2D eigenvalue weighted by atomic mass is 9.94. The van der Waals surface area contributed by atoms with Gasteiger partial charge in [0.15, 0.2) is 0 Å². The Kier molecular flexibility index (Phi) is 4.16. The summed E-state index contributed by atoms with van der Waals surface area (Å²) in [5.41, 5.74) is 3.67. The number of fused-ring (bicyclic) bond motifs is 3. The summed E-state index contributed by atoms with van der Waals surface area (Å²) in [6.45, 7) is 1.99. The highest BCUT2D eigenvalue weighted by Gasteiger charge is 2.39. The van der Waals surface area contributed by atoms with Gasteiger partial charge >= 0.3 is 0 Å². The molecule has 0 aliphatic carbocycles. The van der Waals surface area contributed by atoms with Crippen molar-refractivity contribution in [1.29, 1.82) is 0 Å². The van der Waals surface area contributed by atoms with E-state index in [1.54, 1.807) is 4.31 Å². The van der Waals surface area contributed by atoms with Gasteiger partial charge in [-0.25, -0.2) is 8.42 Å². The van der Waals surface area contributed by atoms with Crippen molar-refractivity contribution in [3.63, 3.8) is 0 Å². The van der Waals surface area contributed by atoms with E-state index in [0.29, 0.717) is 13.2 Å². The number of hydrogen-bond acceptors (Lipinski definition) is 3. The van der Waals surface area contributed by atoms with Crippen LogP contribution in [0.4, 0.5) is 0 Å². The summed E-state index contributed by atoms with van der Waals surface area (Å²) in [6, 6.07) is 18.4. The molecule has 1 unspecified atom stereocenters. The van der Waals surface area contributed by atoms with Crippen molar-refractivity contribution in [2.45, 2.75) is 18.9 Å².